The minimum atomic E-state index is 0.0365. The van der Waals surface area contributed by atoms with Gasteiger partial charge >= 0.3 is 6.03 Å². The molecule has 3 rings (SSSR count). The van der Waals surface area contributed by atoms with Crippen molar-refractivity contribution >= 4 is 16.9 Å². The number of para-hydroxylation sites is 1. The van der Waals surface area contributed by atoms with E-state index >= 15 is 0 Å². The maximum absolute atomic E-state index is 13.1. The Morgan fingerprint density at radius 1 is 1.00 bits per heavy atom. The Kier molecular flexibility index (Phi) is 4.20. The quantitative estimate of drug-likeness (QED) is 0.673. The minimum absolute atomic E-state index is 0.0365. The molecule has 0 aliphatic rings. The smallest absolute Gasteiger partial charge is 0.325 e. The van der Waals surface area contributed by atoms with Crippen LogP contribution in [-0.4, -0.2) is 28.6 Å². The maximum Gasteiger partial charge on any atom is 0.329 e. The minimum Gasteiger partial charge on any atom is -0.325 e. The van der Waals surface area contributed by atoms with Crippen LogP contribution in [0.3, 0.4) is 0 Å². The Labute approximate surface area is 137 Å². The Hall–Kier alpha value is -2.55. The van der Waals surface area contributed by atoms with Crippen molar-refractivity contribution in [3.8, 4) is 11.3 Å². The fourth-order valence-corrected chi connectivity index (χ4v) is 3.05. The molecule has 0 aliphatic heterocycles. The first-order valence-electron chi connectivity index (χ1n) is 8.13. The molecule has 2 aromatic carbocycles. The van der Waals surface area contributed by atoms with Crippen molar-refractivity contribution in [3.05, 3.63) is 60.2 Å². The van der Waals surface area contributed by atoms with Gasteiger partial charge < -0.3 is 4.90 Å². The number of fused-ring (bicyclic) bond motifs is 1. The van der Waals surface area contributed by atoms with Crippen LogP contribution in [0.25, 0.3) is 22.2 Å². The van der Waals surface area contributed by atoms with Crippen molar-refractivity contribution in [1.82, 2.24) is 9.47 Å². The Balaban J connectivity index is 2.28. The molecule has 118 valence electrons. The van der Waals surface area contributed by atoms with Crippen LogP contribution in [0.15, 0.2) is 54.6 Å². The second-order valence-electron chi connectivity index (χ2n) is 5.69. The van der Waals surface area contributed by atoms with Crippen LogP contribution in [0, 0.1) is 6.92 Å². The number of aromatic nitrogens is 1. The molecule has 0 radical (unpaired) electrons. The summed E-state index contributed by atoms with van der Waals surface area (Å²) >= 11 is 0. The summed E-state index contributed by atoms with van der Waals surface area (Å²) in [7, 11) is 0. The third-order valence-corrected chi connectivity index (χ3v) is 4.36. The maximum atomic E-state index is 13.1. The number of amides is 1. The van der Waals surface area contributed by atoms with Crippen molar-refractivity contribution in [1.29, 1.82) is 0 Å². The molecule has 3 heteroatoms. The number of carbonyl (C=O) groups excluding carboxylic acids is 1. The van der Waals surface area contributed by atoms with Crippen molar-refractivity contribution in [3.63, 3.8) is 0 Å². The standard InChI is InChI=1S/C20H22N2O/c1-4-21(5-2)20(23)22-18-13-9-7-11-16(18)14-19(22)17-12-8-6-10-15(17)3/h6-14H,4-5H2,1-3H3. The second-order valence-corrected chi connectivity index (χ2v) is 5.69. The van der Waals surface area contributed by atoms with Crippen LogP contribution in [0.5, 0.6) is 0 Å². The molecule has 0 saturated heterocycles. The summed E-state index contributed by atoms with van der Waals surface area (Å²) in [6.45, 7) is 7.52. The van der Waals surface area contributed by atoms with Crippen molar-refractivity contribution < 1.29 is 4.79 Å². The Morgan fingerprint density at radius 3 is 2.35 bits per heavy atom. The second kappa shape index (κ2) is 6.29. The van der Waals surface area contributed by atoms with E-state index in [2.05, 4.69) is 31.2 Å². The molecule has 1 heterocycles. The number of nitrogens with zero attached hydrogens (tertiary/aromatic N) is 2. The van der Waals surface area contributed by atoms with Gasteiger partial charge in [0, 0.05) is 24.0 Å². The monoisotopic (exact) mass is 306 g/mol. The van der Waals surface area contributed by atoms with Gasteiger partial charge in [0.1, 0.15) is 0 Å². The lowest BCUT2D eigenvalue weighted by molar-refractivity contribution is 0.206. The zero-order valence-corrected chi connectivity index (χ0v) is 13.9. The predicted molar refractivity (Wildman–Crippen MR) is 95.8 cm³/mol. The highest BCUT2D eigenvalue weighted by molar-refractivity contribution is 5.98. The van der Waals surface area contributed by atoms with Gasteiger partial charge in [-0.05, 0) is 38.5 Å². The summed E-state index contributed by atoms with van der Waals surface area (Å²) < 4.78 is 1.85. The molecule has 0 fully saturated rings. The number of hydrogen-bond acceptors (Lipinski definition) is 1. The number of hydrogen-bond donors (Lipinski definition) is 0. The van der Waals surface area contributed by atoms with Gasteiger partial charge in [-0.2, -0.15) is 0 Å². The van der Waals surface area contributed by atoms with Crippen LogP contribution in [-0.2, 0) is 0 Å². The van der Waals surface area contributed by atoms with E-state index in [9.17, 15) is 4.79 Å². The van der Waals surface area contributed by atoms with Gasteiger partial charge in [0.05, 0.1) is 11.2 Å². The number of benzene rings is 2. The predicted octanol–water partition coefficient (Wildman–Crippen LogP) is 4.93. The summed E-state index contributed by atoms with van der Waals surface area (Å²) in [5.74, 6) is 0. The molecule has 0 aliphatic carbocycles. The zero-order valence-electron chi connectivity index (χ0n) is 13.9. The van der Waals surface area contributed by atoms with Crippen molar-refractivity contribution in [2.24, 2.45) is 0 Å². The van der Waals surface area contributed by atoms with Crippen molar-refractivity contribution in [2.45, 2.75) is 20.8 Å². The topological polar surface area (TPSA) is 25.2 Å². The zero-order chi connectivity index (χ0) is 16.4. The molecule has 1 amide bonds. The van der Waals surface area contributed by atoms with Crippen LogP contribution >= 0.6 is 0 Å². The van der Waals surface area contributed by atoms with E-state index < -0.39 is 0 Å². The highest BCUT2D eigenvalue weighted by Gasteiger charge is 2.20. The molecule has 3 nitrogen and oxygen atoms in total. The summed E-state index contributed by atoms with van der Waals surface area (Å²) in [6.07, 6.45) is 0. The summed E-state index contributed by atoms with van der Waals surface area (Å²) in [4.78, 5) is 14.9. The number of carbonyl (C=O) groups is 1. The highest BCUT2D eigenvalue weighted by Crippen LogP contribution is 2.30. The first kappa shape index (κ1) is 15.3. The van der Waals surface area contributed by atoms with E-state index in [1.165, 1.54) is 5.56 Å². The molecule has 0 unspecified atom stereocenters. The van der Waals surface area contributed by atoms with Gasteiger partial charge in [-0.1, -0.05) is 42.5 Å². The van der Waals surface area contributed by atoms with E-state index in [1.807, 2.05) is 53.6 Å². The van der Waals surface area contributed by atoms with Crippen LogP contribution in [0.2, 0.25) is 0 Å². The van der Waals surface area contributed by atoms with E-state index in [0.717, 1.165) is 22.2 Å². The normalized spacial score (nSPS) is 10.9. The number of aryl methyl sites for hydroxylation is 1. The molecular weight excluding hydrogens is 284 g/mol. The third-order valence-electron chi connectivity index (χ3n) is 4.36. The Morgan fingerprint density at radius 2 is 1.65 bits per heavy atom. The summed E-state index contributed by atoms with van der Waals surface area (Å²) in [5.41, 5.74) is 4.19. The fourth-order valence-electron chi connectivity index (χ4n) is 3.05. The summed E-state index contributed by atoms with van der Waals surface area (Å²) in [5, 5.41) is 1.09. The van der Waals surface area contributed by atoms with Gasteiger partial charge in [-0.25, -0.2) is 4.79 Å². The average molecular weight is 306 g/mol. The summed E-state index contributed by atoms with van der Waals surface area (Å²) in [6, 6.07) is 18.4. The molecule has 0 spiro atoms. The lowest BCUT2D eigenvalue weighted by Crippen LogP contribution is -2.34. The first-order valence-corrected chi connectivity index (χ1v) is 8.13. The van der Waals surface area contributed by atoms with Gasteiger partial charge in [0.25, 0.3) is 0 Å². The largest absolute Gasteiger partial charge is 0.329 e. The van der Waals surface area contributed by atoms with Crippen LogP contribution in [0.1, 0.15) is 19.4 Å². The lowest BCUT2D eigenvalue weighted by atomic mass is 10.1. The van der Waals surface area contributed by atoms with Gasteiger partial charge in [0.2, 0.25) is 0 Å². The third kappa shape index (κ3) is 2.63. The molecule has 0 saturated carbocycles. The van der Waals surface area contributed by atoms with E-state index in [0.29, 0.717) is 13.1 Å². The van der Waals surface area contributed by atoms with Crippen LogP contribution in [0.4, 0.5) is 4.79 Å². The highest BCUT2D eigenvalue weighted by atomic mass is 16.2. The molecule has 23 heavy (non-hydrogen) atoms. The first-order chi connectivity index (χ1) is 11.2. The van der Waals surface area contributed by atoms with E-state index in [4.69, 9.17) is 0 Å². The molecule has 0 bridgehead atoms. The van der Waals surface area contributed by atoms with Crippen LogP contribution < -0.4 is 0 Å². The van der Waals surface area contributed by atoms with Gasteiger partial charge in [-0.15, -0.1) is 0 Å². The molecule has 0 N–H and O–H groups in total. The SMILES string of the molecule is CCN(CC)C(=O)n1c(-c2ccccc2C)cc2ccccc21. The molecule has 1 aromatic heterocycles. The fraction of sp³-hybridized carbons (Fsp3) is 0.250. The van der Waals surface area contributed by atoms with Gasteiger partial charge in [0.15, 0.2) is 0 Å². The number of rotatable bonds is 3. The van der Waals surface area contributed by atoms with E-state index in [1.54, 1.807) is 0 Å². The molecule has 3 aromatic rings. The lowest BCUT2D eigenvalue weighted by Gasteiger charge is -2.21. The average Bonchev–Trinajstić information content (AvgIpc) is 2.95. The van der Waals surface area contributed by atoms with E-state index in [-0.39, 0.29) is 6.03 Å². The Bertz CT molecular complexity index is 844. The van der Waals surface area contributed by atoms with Crippen molar-refractivity contribution in [2.75, 3.05) is 13.1 Å². The molecular formula is C20H22N2O. The molecule has 0 atom stereocenters. The van der Waals surface area contributed by atoms with Gasteiger partial charge in [-0.3, -0.25) is 4.57 Å².